The summed E-state index contributed by atoms with van der Waals surface area (Å²) in [6.07, 6.45) is 0.662. The lowest BCUT2D eigenvalue weighted by molar-refractivity contribution is -0.384. The molecule has 70 valence electrons. The Labute approximate surface area is 85.4 Å². The van der Waals surface area contributed by atoms with Crippen LogP contribution in [0.25, 0.3) is 0 Å². The van der Waals surface area contributed by atoms with E-state index in [4.69, 9.17) is 23.2 Å². The van der Waals surface area contributed by atoms with Crippen molar-refractivity contribution in [3.8, 4) is 0 Å². The van der Waals surface area contributed by atoms with E-state index in [9.17, 15) is 10.1 Å². The van der Waals surface area contributed by atoms with E-state index in [0.29, 0.717) is 16.5 Å². The second-order valence-corrected chi connectivity index (χ2v) is 3.31. The molecule has 0 heterocycles. The molecule has 0 atom stereocenters. The van der Waals surface area contributed by atoms with Gasteiger partial charge in [0.25, 0.3) is 5.69 Å². The lowest BCUT2D eigenvalue weighted by Gasteiger charge is -2.02. The summed E-state index contributed by atoms with van der Waals surface area (Å²) in [5.41, 5.74) is 0.668. The molecular weight excluding hydrogens is 213 g/mol. The number of hydrogen-bond donors (Lipinski definition) is 0. The van der Waals surface area contributed by atoms with Gasteiger partial charge in [-0.15, -0.1) is 0 Å². The minimum atomic E-state index is -0.517. The Balaban J connectivity index is 3.28. The van der Waals surface area contributed by atoms with Crippen LogP contribution in [-0.2, 0) is 6.42 Å². The Bertz CT molecular complexity index is 329. The molecule has 0 N–H and O–H groups in total. The molecule has 0 aromatic heterocycles. The van der Waals surface area contributed by atoms with Gasteiger partial charge in [-0.25, -0.2) is 0 Å². The molecule has 0 bridgehead atoms. The molecule has 0 fully saturated rings. The van der Waals surface area contributed by atoms with Gasteiger partial charge in [0.15, 0.2) is 0 Å². The molecular formula is C8H7Cl2NO2. The molecule has 0 spiro atoms. The minimum absolute atomic E-state index is 0.0767. The molecule has 3 nitrogen and oxygen atoms in total. The van der Waals surface area contributed by atoms with Crippen molar-refractivity contribution in [2.24, 2.45) is 0 Å². The van der Waals surface area contributed by atoms with Crippen molar-refractivity contribution < 1.29 is 4.92 Å². The van der Waals surface area contributed by atoms with Crippen LogP contribution in [0.1, 0.15) is 12.5 Å². The average Bonchev–Trinajstić information content (AvgIpc) is 2.03. The molecule has 0 unspecified atom stereocenters. The number of rotatable bonds is 2. The highest BCUT2D eigenvalue weighted by atomic mass is 35.5. The van der Waals surface area contributed by atoms with E-state index < -0.39 is 4.92 Å². The third kappa shape index (κ3) is 2.11. The molecule has 0 aliphatic rings. The first-order valence-electron chi connectivity index (χ1n) is 3.68. The van der Waals surface area contributed by atoms with Gasteiger partial charge in [-0.3, -0.25) is 10.1 Å². The summed E-state index contributed by atoms with van der Waals surface area (Å²) >= 11 is 11.6. The molecule has 0 amide bonds. The molecule has 13 heavy (non-hydrogen) atoms. The fourth-order valence-corrected chi connectivity index (χ4v) is 1.78. The summed E-state index contributed by atoms with van der Waals surface area (Å²) in [4.78, 5) is 9.88. The Kier molecular flexibility index (Phi) is 3.12. The van der Waals surface area contributed by atoms with Crippen LogP contribution >= 0.6 is 23.2 Å². The van der Waals surface area contributed by atoms with E-state index in [1.54, 1.807) is 0 Å². The van der Waals surface area contributed by atoms with Crippen LogP contribution in [-0.4, -0.2) is 4.92 Å². The first-order chi connectivity index (χ1) is 6.06. The Morgan fingerprint density at radius 3 is 2.15 bits per heavy atom. The predicted octanol–water partition coefficient (Wildman–Crippen LogP) is 3.46. The van der Waals surface area contributed by atoms with Crippen LogP contribution in [0.2, 0.25) is 10.0 Å². The van der Waals surface area contributed by atoms with Gasteiger partial charge < -0.3 is 0 Å². The van der Waals surface area contributed by atoms with E-state index >= 15 is 0 Å². The van der Waals surface area contributed by atoms with E-state index in [-0.39, 0.29) is 5.69 Å². The number of nitro benzene ring substituents is 1. The van der Waals surface area contributed by atoms with E-state index in [1.165, 1.54) is 12.1 Å². The van der Waals surface area contributed by atoms with Crippen molar-refractivity contribution in [3.05, 3.63) is 37.9 Å². The maximum Gasteiger partial charge on any atom is 0.272 e. The Morgan fingerprint density at radius 1 is 1.38 bits per heavy atom. The van der Waals surface area contributed by atoms with Gasteiger partial charge in [0.2, 0.25) is 0 Å². The largest absolute Gasteiger partial charge is 0.272 e. The smallest absolute Gasteiger partial charge is 0.258 e. The van der Waals surface area contributed by atoms with Crippen LogP contribution in [0.15, 0.2) is 12.1 Å². The second kappa shape index (κ2) is 3.94. The molecule has 1 rings (SSSR count). The lowest BCUT2D eigenvalue weighted by atomic mass is 10.1. The van der Waals surface area contributed by atoms with Gasteiger partial charge in [-0.05, 0) is 12.0 Å². The van der Waals surface area contributed by atoms with Gasteiger partial charge in [-0.2, -0.15) is 0 Å². The van der Waals surface area contributed by atoms with Gasteiger partial charge in [-0.1, -0.05) is 30.1 Å². The number of halogens is 2. The predicted molar refractivity (Wildman–Crippen MR) is 52.5 cm³/mol. The van der Waals surface area contributed by atoms with E-state index in [1.807, 2.05) is 6.92 Å². The zero-order chi connectivity index (χ0) is 10.0. The molecule has 0 saturated heterocycles. The summed E-state index contributed by atoms with van der Waals surface area (Å²) < 4.78 is 0. The number of benzene rings is 1. The summed E-state index contributed by atoms with van der Waals surface area (Å²) in [5.74, 6) is 0. The first kappa shape index (κ1) is 10.3. The van der Waals surface area contributed by atoms with Crippen molar-refractivity contribution in [2.75, 3.05) is 0 Å². The van der Waals surface area contributed by atoms with Crippen molar-refractivity contribution in [2.45, 2.75) is 13.3 Å². The van der Waals surface area contributed by atoms with Crippen LogP contribution in [0.3, 0.4) is 0 Å². The van der Waals surface area contributed by atoms with E-state index in [0.717, 1.165) is 5.56 Å². The van der Waals surface area contributed by atoms with Crippen LogP contribution in [0, 0.1) is 10.1 Å². The number of nitro groups is 1. The second-order valence-electron chi connectivity index (χ2n) is 2.50. The third-order valence-corrected chi connectivity index (χ3v) is 2.36. The quantitative estimate of drug-likeness (QED) is 0.565. The Morgan fingerprint density at radius 2 is 1.85 bits per heavy atom. The molecule has 0 aliphatic carbocycles. The van der Waals surface area contributed by atoms with Gasteiger partial charge in [0.1, 0.15) is 0 Å². The highest BCUT2D eigenvalue weighted by Crippen LogP contribution is 2.30. The maximum absolute atomic E-state index is 10.4. The third-order valence-electron chi connectivity index (χ3n) is 1.69. The van der Waals surface area contributed by atoms with E-state index in [2.05, 4.69) is 0 Å². The summed E-state index contributed by atoms with van der Waals surface area (Å²) in [6, 6.07) is 2.62. The van der Waals surface area contributed by atoms with Gasteiger partial charge in [0.05, 0.1) is 15.0 Å². The molecule has 0 saturated carbocycles. The zero-order valence-corrected chi connectivity index (χ0v) is 8.39. The van der Waals surface area contributed by atoms with Gasteiger partial charge >= 0.3 is 0 Å². The van der Waals surface area contributed by atoms with Gasteiger partial charge in [0, 0.05) is 12.1 Å². The fraction of sp³-hybridized carbons (Fsp3) is 0.250. The van der Waals surface area contributed by atoms with Crippen LogP contribution in [0.5, 0.6) is 0 Å². The normalized spacial score (nSPS) is 10.1. The molecule has 1 aromatic carbocycles. The highest BCUT2D eigenvalue weighted by Gasteiger charge is 2.12. The SMILES string of the molecule is CCc1c(Cl)cc([N+](=O)[O-])cc1Cl. The summed E-state index contributed by atoms with van der Waals surface area (Å²) in [5, 5.41) is 11.1. The monoisotopic (exact) mass is 219 g/mol. The highest BCUT2D eigenvalue weighted by molar-refractivity contribution is 6.36. The lowest BCUT2D eigenvalue weighted by Crippen LogP contribution is -1.91. The first-order valence-corrected chi connectivity index (χ1v) is 4.44. The number of nitrogens with zero attached hydrogens (tertiary/aromatic N) is 1. The Hall–Kier alpha value is -0.800. The van der Waals surface area contributed by atoms with Crippen molar-refractivity contribution in [1.29, 1.82) is 0 Å². The molecule has 0 radical (unpaired) electrons. The van der Waals surface area contributed by atoms with Crippen molar-refractivity contribution in [1.82, 2.24) is 0 Å². The van der Waals surface area contributed by atoms with Crippen molar-refractivity contribution in [3.63, 3.8) is 0 Å². The average molecular weight is 220 g/mol. The minimum Gasteiger partial charge on any atom is -0.258 e. The number of hydrogen-bond acceptors (Lipinski definition) is 2. The standard InChI is InChI=1S/C8H7Cl2NO2/c1-2-6-7(9)3-5(11(12)13)4-8(6)10/h3-4H,2H2,1H3. The van der Waals surface area contributed by atoms with Crippen LogP contribution < -0.4 is 0 Å². The summed E-state index contributed by atoms with van der Waals surface area (Å²) in [7, 11) is 0. The zero-order valence-electron chi connectivity index (χ0n) is 6.88. The van der Waals surface area contributed by atoms with Crippen molar-refractivity contribution >= 4 is 28.9 Å². The topological polar surface area (TPSA) is 43.1 Å². The maximum atomic E-state index is 10.4. The molecule has 1 aromatic rings. The fourth-order valence-electron chi connectivity index (χ4n) is 1.03. The summed E-state index contributed by atoms with van der Waals surface area (Å²) in [6.45, 7) is 1.89. The van der Waals surface area contributed by atoms with Crippen LogP contribution in [0.4, 0.5) is 5.69 Å². The number of non-ortho nitro benzene ring substituents is 1. The molecule has 5 heteroatoms. The molecule has 0 aliphatic heterocycles.